The molecule has 104 valence electrons. The molecule has 2 heterocycles. The Hall–Kier alpha value is -3.07. The molecule has 2 N–H and O–H groups in total. The lowest BCUT2D eigenvalue weighted by atomic mass is 10.1. The van der Waals surface area contributed by atoms with Gasteiger partial charge in [-0.15, -0.1) is 0 Å². The second-order valence-electron chi connectivity index (χ2n) is 4.80. The van der Waals surface area contributed by atoms with Crippen molar-refractivity contribution in [2.75, 3.05) is 0 Å². The highest BCUT2D eigenvalue weighted by atomic mass is 16.5. The largest absolute Gasteiger partial charge is 0.507 e. The molecule has 0 aliphatic heterocycles. The van der Waals surface area contributed by atoms with Crippen molar-refractivity contribution in [2.45, 2.75) is 13.8 Å². The standard InChI is InChI=1S/C15H12N4O2/c1-8-3-10(4-9(2)13(8)20)14-18-15(21-19-14)11-5-12(6-16)17-7-11/h3-5,7,17,20H,1-2H3. The summed E-state index contributed by atoms with van der Waals surface area (Å²) in [5, 5.41) is 22.5. The number of rotatable bonds is 2. The van der Waals surface area contributed by atoms with Crippen molar-refractivity contribution in [3.63, 3.8) is 0 Å². The molecule has 1 aromatic carbocycles. The van der Waals surface area contributed by atoms with Gasteiger partial charge in [-0.2, -0.15) is 10.2 Å². The number of aromatic amines is 1. The number of phenols is 1. The van der Waals surface area contributed by atoms with E-state index in [-0.39, 0.29) is 5.75 Å². The van der Waals surface area contributed by atoms with Gasteiger partial charge in [0.2, 0.25) is 5.82 Å². The minimum Gasteiger partial charge on any atom is -0.507 e. The number of aromatic hydroxyl groups is 1. The predicted molar refractivity (Wildman–Crippen MR) is 75.4 cm³/mol. The van der Waals surface area contributed by atoms with Crippen molar-refractivity contribution in [2.24, 2.45) is 0 Å². The normalized spacial score (nSPS) is 10.5. The average Bonchev–Trinajstić information content (AvgIpc) is 3.12. The zero-order valence-electron chi connectivity index (χ0n) is 11.5. The van der Waals surface area contributed by atoms with Crippen molar-refractivity contribution in [1.29, 1.82) is 5.26 Å². The molecule has 0 unspecified atom stereocenters. The summed E-state index contributed by atoms with van der Waals surface area (Å²) in [4.78, 5) is 7.13. The molecule has 0 radical (unpaired) electrons. The number of H-pyrrole nitrogens is 1. The summed E-state index contributed by atoms with van der Waals surface area (Å²) in [6.45, 7) is 3.64. The Morgan fingerprint density at radius 2 is 1.90 bits per heavy atom. The molecule has 2 aromatic heterocycles. The summed E-state index contributed by atoms with van der Waals surface area (Å²) in [7, 11) is 0. The van der Waals surface area contributed by atoms with E-state index in [0.29, 0.717) is 23.0 Å². The molecule has 0 saturated heterocycles. The zero-order chi connectivity index (χ0) is 15.0. The maximum atomic E-state index is 9.79. The van der Waals surface area contributed by atoms with Gasteiger partial charge in [0.15, 0.2) is 0 Å². The molecule has 6 heteroatoms. The number of aromatic nitrogens is 3. The Bertz CT molecular complexity index is 832. The van der Waals surface area contributed by atoms with E-state index in [1.807, 2.05) is 19.9 Å². The first-order chi connectivity index (χ1) is 10.1. The van der Waals surface area contributed by atoms with Crippen LogP contribution in [0.5, 0.6) is 5.75 Å². The number of hydrogen-bond donors (Lipinski definition) is 2. The molecule has 3 aromatic rings. The third-order valence-corrected chi connectivity index (χ3v) is 3.23. The fourth-order valence-electron chi connectivity index (χ4n) is 2.13. The number of benzene rings is 1. The number of nitrogens with one attached hydrogen (secondary N) is 1. The fraction of sp³-hybridized carbons (Fsp3) is 0.133. The smallest absolute Gasteiger partial charge is 0.259 e. The summed E-state index contributed by atoms with van der Waals surface area (Å²) in [6, 6.07) is 7.25. The zero-order valence-corrected chi connectivity index (χ0v) is 11.5. The summed E-state index contributed by atoms with van der Waals surface area (Å²) in [6.07, 6.45) is 1.64. The third kappa shape index (κ3) is 2.25. The number of hydrogen-bond acceptors (Lipinski definition) is 5. The molecule has 0 amide bonds. The highest BCUT2D eigenvalue weighted by molar-refractivity contribution is 5.63. The van der Waals surface area contributed by atoms with Gasteiger partial charge in [0, 0.05) is 11.8 Å². The van der Waals surface area contributed by atoms with Crippen molar-refractivity contribution >= 4 is 0 Å². The number of phenolic OH excluding ortho intramolecular Hbond substituents is 1. The molecule has 3 rings (SSSR count). The van der Waals surface area contributed by atoms with E-state index in [1.54, 1.807) is 24.4 Å². The second-order valence-corrected chi connectivity index (χ2v) is 4.80. The van der Waals surface area contributed by atoms with Gasteiger partial charge >= 0.3 is 0 Å². The van der Waals surface area contributed by atoms with E-state index < -0.39 is 0 Å². The van der Waals surface area contributed by atoms with E-state index in [2.05, 4.69) is 15.1 Å². The van der Waals surface area contributed by atoms with E-state index in [1.165, 1.54) is 0 Å². The van der Waals surface area contributed by atoms with Crippen molar-refractivity contribution in [3.05, 3.63) is 41.2 Å². The first-order valence-corrected chi connectivity index (χ1v) is 6.31. The number of aryl methyl sites for hydroxylation is 2. The van der Waals surface area contributed by atoms with Gasteiger partial charge in [0.1, 0.15) is 17.5 Å². The fourth-order valence-corrected chi connectivity index (χ4v) is 2.13. The van der Waals surface area contributed by atoms with Gasteiger partial charge in [-0.3, -0.25) is 0 Å². The molecule has 0 aliphatic rings. The highest BCUT2D eigenvalue weighted by Gasteiger charge is 2.14. The lowest BCUT2D eigenvalue weighted by molar-refractivity contribution is 0.432. The first kappa shape index (κ1) is 12.9. The highest BCUT2D eigenvalue weighted by Crippen LogP contribution is 2.29. The van der Waals surface area contributed by atoms with Crippen LogP contribution in [0.25, 0.3) is 22.8 Å². The Morgan fingerprint density at radius 1 is 1.19 bits per heavy atom. The molecule has 0 bridgehead atoms. The molecule has 0 aliphatic carbocycles. The lowest BCUT2D eigenvalue weighted by Gasteiger charge is -2.04. The van der Waals surface area contributed by atoms with Gasteiger partial charge < -0.3 is 14.6 Å². The quantitative estimate of drug-likeness (QED) is 0.752. The number of nitriles is 1. The van der Waals surface area contributed by atoms with Crippen LogP contribution in [0.4, 0.5) is 0 Å². The Kier molecular flexibility index (Phi) is 2.95. The van der Waals surface area contributed by atoms with Crippen LogP contribution in [-0.4, -0.2) is 20.2 Å². The van der Waals surface area contributed by atoms with Gasteiger partial charge in [-0.1, -0.05) is 5.16 Å². The van der Waals surface area contributed by atoms with E-state index in [0.717, 1.165) is 16.7 Å². The van der Waals surface area contributed by atoms with Gasteiger partial charge in [0.05, 0.1) is 5.56 Å². The SMILES string of the molecule is Cc1cc(-c2noc(-c3c[nH]c(C#N)c3)n2)cc(C)c1O. The van der Waals surface area contributed by atoms with Crippen molar-refractivity contribution in [1.82, 2.24) is 15.1 Å². The van der Waals surface area contributed by atoms with Crippen molar-refractivity contribution < 1.29 is 9.63 Å². The molecule has 21 heavy (non-hydrogen) atoms. The third-order valence-electron chi connectivity index (χ3n) is 3.23. The maximum absolute atomic E-state index is 9.79. The van der Waals surface area contributed by atoms with Crippen LogP contribution in [0.1, 0.15) is 16.8 Å². The van der Waals surface area contributed by atoms with Crippen LogP contribution in [0, 0.1) is 25.2 Å². The summed E-state index contributed by atoms with van der Waals surface area (Å²) < 4.78 is 5.22. The molecule has 6 nitrogen and oxygen atoms in total. The van der Waals surface area contributed by atoms with Crippen molar-refractivity contribution in [3.8, 4) is 34.7 Å². The first-order valence-electron chi connectivity index (χ1n) is 6.31. The van der Waals surface area contributed by atoms with E-state index in [4.69, 9.17) is 9.78 Å². The number of nitrogens with zero attached hydrogens (tertiary/aromatic N) is 3. The monoisotopic (exact) mass is 280 g/mol. The Morgan fingerprint density at radius 3 is 2.52 bits per heavy atom. The summed E-state index contributed by atoms with van der Waals surface area (Å²) in [5.41, 5.74) is 3.38. The minimum absolute atomic E-state index is 0.270. The van der Waals surface area contributed by atoms with E-state index in [9.17, 15) is 5.11 Å². The van der Waals surface area contributed by atoms with Crippen LogP contribution in [0.3, 0.4) is 0 Å². The van der Waals surface area contributed by atoms with Gasteiger partial charge in [-0.05, 0) is 43.2 Å². The second kappa shape index (κ2) is 4.80. The average molecular weight is 280 g/mol. The van der Waals surface area contributed by atoms with Crippen LogP contribution >= 0.6 is 0 Å². The Balaban J connectivity index is 2.00. The van der Waals surface area contributed by atoms with Crippen LogP contribution < -0.4 is 0 Å². The molecule has 0 spiro atoms. The molecule has 0 atom stereocenters. The topological polar surface area (TPSA) is 98.7 Å². The Labute approximate surface area is 120 Å². The minimum atomic E-state index is 0.270. The van der Waals surface area contributed by atoms with Crippen LogP contribution in [0.2, 0.25) is 0 Å². The molecular weight excluding hydrogens is 268 g/mol. The molecular formula is C15H12N4O2. The van der Waals surface area contributed by atoms with Crippen LogP contribution in [-0.2, 0) is 0 Å². The maximum Gasteiger partial charge on any atom is 0.259 e. The summed E-state index contributed by atoms with van der Waals surface area (Å²) in [5.74, 6) is 1.05. The summed E-state index contributed by atoms with van der Waals surface area (Å²) >= 11 is 0. The lowest BCUT2D eigenvalue weighted by Crippen LogP contribution is -1.86. The van der Waals surface area contributed by atoms with Crippen LogP contribution in [0.15, 0.2) is 28.9 Å². The van der Waals surface area contributed by atoms with Gasteiger partial charge in [0.25, 0.3) is 5.89 Å². The predicted octanol–water partition coefficient (Wildman–Crippen LogP) is 2.93. The molecule has 0 saturated carbocycles. The molecule has 0 fully saturated rings. The van der Waals surface area contributed by atoms with E-state index >= 15 is 0 Å². The van der Waals surface area contributed by atoms with Gasteiger partial charge in [-0.25, -0.2) is 0 Å².